The summed E-state index contributed by atoms with van der Waals surface area (Å²) in [4.78, 5) is 0.231. The smallest absolute Gasteiger partial charge is 0.271 e. The number of benzene rings is 1. The van der Waals surface area contributed by atoms with Crippen molar-refractivity contribution in [1.82, 2.24) is 14.5 Å². The molecule has 0 unspecified atom stereocenters. The summed E-state index contributed by atoms with van der Waals surface area (Å²) in [7, 11) is -3.79. The second-order valence-electron chi connectivity index (χ2n) is 6.31. The van der Waals surface area contributed by atoms with Crippen LogP contribution in [-0.2, 0) is 22.7 Å². The summed E-state index contributed by atoms with van der Waals surface area (Å²) in [5, 5.41) is 3.41. The predicted molar refractivity (Wildman–Crippen MR) is 92.5 cm³/mol. The first-order chi connectivity index (χ1) is 11.9. The van der Waals surface area contributed by atoms with Gasteiger partial charge < -0.3 is 0 Å². The average Bonchev–Trinajstić information content (AvgIpc) is 3.00. The van der Waals surface area contributed by atoms with Crippen molar-refractivity contribution in [1.29, 1.82) is 0 Å². The van der Waals surface area contributed by atoms with Gasteiger partial charge in [-0.3, -0.25) is 4.68 Å². The molecule has 0 aliphatic carbocycles. The summed E-state index contributed by atoms with van der Waals surface area (Å²) in [6.45, 7) is 9.14. The molecule has 144 valence electrons. The van der Waals surface area contributed by atoms with Gasteiger partial charge in [-0.2, -0.15) is 18.3 Å². The maximum Gasteiger partial charge on any atom is 0.435 e. The van der Waals surface area contributed by atoms with Crippen LogP contribution in [0.2, 0.25) is 0 Å². The molecule has 0 radical (unpaired) electrons. The molecule has 0 aliphatic rings. The van der Waals surface area contributed by atoms with Gasteiger partial charge in [0.15, 0.2) is 5.69 Å². The fraction of sp³-hybridized carbons (Fsp3) is 0.471. The van der Waals surface area contributed by atoms with E-state index in [4.69, 9.17) is 0 Å². The molecule has 0 saturated carbocycles. The summed E-state index contributed by atoms with van der Waals surface area (Å²) >= 11 is 0. The highest BCUT2D eigenvalue weighted by Gasteiger charge is 2.33. The van der Waals surface area contributed by atoms with Gasteiger partial charge in [-0.1, -0.05) is 0 Å². The van der Waals surface area contributed by atoms with Gasteiger partial charge >= 0.3 is 6.18 Å². The number of halogens is 3. The van der Waals surface area contributed by atoms with Crippen molar-refractivity contribution in [3.05, 3.63) is 45.8 Å². The van der Waals surface area contributed by atoms with E-state index in [0.29, 0.717) is 11.1 Å². The van der Waals surface area contributed by atoms with Crippen molar-refractivity contribution in [2.75, 3.05) is 6.54 Å². The summed E-state index contributed by atoms with van der Waals surface area (Å²) in [6.07, 6.45) is -3.34. The monoisotopic (exact) mass is 389 g/mol. The van der Waals surface area contributed by atoms with E-state index in [2.05, 4.69) is 9.82 Å². The van der Waals surface area contributed by atoms with E-state index in [1.807, 2.05) is 20.8 Å². The number of aromatic nitrogens is 2. The maximum atomic E-state index is 12.7. The number of hydrogen-bond acceptors (Lipinski definition) is 3. The van der Waals surface area contributed by atoms with E-state index < -0.39 is 21.9 Å². The third-order valence-corrected chi connectivity index (χ3v) is 6.50. The van der Waals surface area contributed by atoms with Crippen molar-refractivity contribution in [3.63, 3.8) is 0 Å². The minimum absolute atomic E-state index is 0.00275. The zero-order valence-electron chi connectivity index (χ0n) is 15.3. The third-order valence-electron chi connectivity index (χ3n) is 4.76. The molecule has 1 N–H and O–H groups in total. The first-order valence-electron chi connectivity index (χ1n) is 8.03. The summed E-state index contributed by atoms with van der Waals surface area (Å²) < 4.78 is 66.6. The van der Waals surface area contributed by atoms with Crippen LogP contribution in [0.5, 0.6) is 0 Å². The number of hydrogen-bond donors (Lipinski definition) is 1. The number of rotatable bonds is 5. The number of alkyl halides is 3. The van der Waals surface area contributed by atoms with Crippen LogP contribution >= 0.6 is 0 Å². The highest BCUT2D eigenvalue weighted by molar-refractivity contribution is 7.89. The zero-order valence-corrected chi connectivity index (χ0v) is 16.1. The van der Waals surface area contributed by atoms with E-state index in [1.54, 1.807) is 13.8 Å². The van der Waals surface area contributed by atoms with Crippen molar-refractivity contribution in [3.8, 4) is 0 Å². The number of sulfonamides is 1. The molecule has 0 saturated heterocycles. The van der Waals surface area contributed by atoms with Gasteiger partial charge in [0.25, 0.3) is 0 Å². The Hall–Kier alpha value is -1.87. The molecule has 0 bridgehead atoms. The molecule has 26 heavy (non-hydrogen) atoms. The topological polar surface area (TPSA) is 64.0 Å². The Morgan fingerprint density at radius 2 is 1.50 bits per heavy atom. The predicted octanol–water partition coefficient (Wildman–Crippen LogP) is 3.42. The average molecular weight is 389 g/mol. The Bertz CT molecular complexity index is 902. The molecule has 5 nitrogen and oxygen atoms in total. The number of nitrogens with zero attached hydrogens (tertiary/aromatic N) is 2. The first kappa shape index (κ1) is 20.4. The van der Waals surface area contributed by atoms with Crippen molar-refractivity contribution < 1.29 is 21.6 Å². The van der Waals surface area contributed by atoms with E-state index in [-0.39, 0.29) is 18.0 Å². The van der Waals surface area contributed by atoms with E-state index >= 15 is 0 Å². The van der Waals surface area contributed by atoms with Gasteiger partial charge in [0.05, 0.1) is 11.4 Å². The molecule has 2 aromatic rings. The lowest BCUT2D eigenvalue weighted by atomic mass is 9.95. The highest BCUT2D eigenvalue weighted by atomic mass is 32.2. The van der Waals surface area contributed by atoms with E-state index in [1.165, 1.54) is 6.20 Å². The summed E-state index contributed by atoms with van der Waals surface area (Å²) in [6, 6.07) is 0.857. The standard InChI is InChI=1S/C17H22F3N3O2S/c1-10-11(2)13(4)16(14(5)12(10)3)26(24,25)21-7-9-23-8-6-15(22-23)17(18,19)20/h6,8,21H,7,9H2,1-5H3. The Morgan fingerprint density at radius 3 is 1.96 bits per heavy atom. The second-order valence-corrected chi connectivity index (χ2v) is 8.02. The van der Waals surface area contributed by atoms with Gasteiger partial charge in [-0.25, -0.2) is 13.1 Å². The highest BCUT2D eigenvalue weighted by Crippen LogP contribution is 2.29. The van der Waals surface area contributed by atoms with Crippen LogP contribution in [0.1, 0.15) is 33.5 Å². The Labute approximate surface area is 151 Å². The van der Waals surface area contributed by atoms with Crippen LogP contribution in [0, 0.1) is 34.6 Å². The Kier molecular flexibility index (Phi) is 5.53. The van der Waals surface area contributed by atoms with Crippen molar-refractivity contribution in [2.24, 2.45) is 0 Å². The van der Waals surface area contributed by atoms with Gasteiger partial charge in [0, 0.05) is 12.7 Å². The maximum absolute atomic E-state index is 12.7. The fourth-order valence-electron chi connectivity index (χ4n) is 2.87. The molecule has 1 heterocycles. The Morgan fingerprint density at radius 1 is 1.00 bits per heavy atom. The minimum atomic E-state index is -4.52. The van der Waals surface area contributed by atoms with Crippen LogP contribution in [0.4, 0.5) is 13.2 Å². The summed E-state index contributed by atoms with van der Waals surface area (Å²) in [5.74, 6) is 0. The molecule has 0 fully saturated rings. The largest absolute Gasteiger partial charge is 0.435 e. The summed E-state index contributed by atoms with van der Waals surface area (Å²) in [5.41, 5.74) is 3.23. The van der Waals surface area contributed by atoms with E-state index in [9.17, 15) is 21.6 Å². The second kappa shape index (κ2) is 7.03. The lowest BCUT2D eigenvalue weighted by Gasteiger charge is -2.19. The first-order valence-corrected chi connectivity index (χ1v) is 9.52. The molecule has 0 atom stereocenters. The van der Waals surface area contributed by atoms with Crippen LogP contribution in [-0.4, -0.2) is 24.7 Å². The molecule has 2 rings (SSSR count). The lowest BCUT2D eigenvalue weighted by Crippen LogP contribution is -2.29. The fourth-order valence-corrected chi connectivity index (χ4v) is 4.49. The zero-order chi connectivity index (χ0) is 19.9. The van der Waals surface area contributed by atoms with Crippen LogP contribution < -0.4 is 4.72 Å². The molecule has 0 amide bonds. The third kappa shape index (κ3) is 3.93. The molecule has 9 heteroatoms. The van der Waals surface area contributed by atoms with Crippen LogP contribution in [0.3, 0.4) is 0 Å². The van der Waals surface area contributed by atoms with Gasteiger partial charge in [0.1, 0.15) is 0 Å². The normalized spacial score (nSPS) is 12.6. The molecule has 0 aliphatic heterocycles. The van der Waals surface area contributed by atoms with Gasteiger partial charge in [-0.15, -0.1) is 0 Å². The van der Waals surface area contributed by atoms with Crippen molar-refractivity contribution >= 4 is 10.0 Å². The Balaban J connectivity index is 2.19. The minimum Gasteiger partial charge on any atom is -0.271 e. The van der Waals surface area contributed by atoms with Gasteiger partial charge in [0.2, 0.25) is 10.0 Å². The molecule has 0 spiro atoms. The molecule has 1 aromatic heterocycles. The molecular weight excluding hydrogens is 367 g/mol. The van der Waals surface area contributed by atoms with E-state index in [0.717, 1.165) is 27.4 Å². The van der Waals surface area contributed by atoms with Crippen LogP contribution in [0.25, 0.3) is 0 Å². The van der Waals surface area contributed by atoms with Gasteiger partial charge in [-0.05, 0) is 68.5 Å². The molecular formula is C17H22F3N3O2S. The van der Waals surface area contributed by atoms with Crippen molar-refractivity contribution in [2.45, 2.75) is 52.2 Å². The lowest BCUT2D eigenvalue weighted by molar-refractivity contribution is -0.141. The van der Waals surface area contributed by atoms with Crippen LogP contribution in [0.15, 0.2) is 17.2 Å². The quantitative estimate of drug-likeness (QED) is 0.852. The SMILES string of the molecule is Cc1c(C)c(C)c(S(=O)(=O)NCCn2ccc(C(F)(F)F)n2)c(C)c1C. The molecule has 1 aromatic carbocycles. The number of nitrogens with one attached hydrogen (secondary N) is 1.